The first-order valence-corrected chi connectivity index (χ1v) is 6.76. The van der Waals surface area contributed by atoms with E-state index in [0.29, 0.717) is 12.6 Å². The largest absolute Gasteiger partial charge is 0.465 e. The van der Waals surface area contributed by atoms with Gasteiger partial charge in [-0.05, 0) is 45.4 Å². The maximum atomic E-state index is 12.3. The number of hydrogen-bond donors (Lipinski definition) is 1. The summed E-state index contributed by atoms with van der Waals surface area (Å²) in [6.07, 6.45) is 4.05. The fourth-order valence-electron chi connectivity index (χ4n) is 3.04. The van der Waals surface area contributed by atoms with E-state index >= 15 is 0 Å². The molecule has 1 fully saturated rings. The van der Waals surface area contributed by atoms with Crippen molar-refractivity contribution in [3.8, 4) is 0 Å². The van der Waals surface area contributed by atoms with Crippen LogP contribution in [0.5, 0.6) is 0 Å². The molecule has 0 radical (unpaired) electrons. The molecule has 0 aliphatic heterocycles. The van der Waals surface area contributed by atoms with Crippen LogP contribution in [0, 0.1) is 5.41 Å². The first kappa shape index (κ1) is 14.5. The van der Waals surface area contributed by atoms with E-state index in [2.05, 4.69) is 33.0 Å². The minimum absolute atomic E-state index is 0.0681. The summed E-state index contributed by atoms with van der Waals surface area (Å²) >= 11 is 0. The second kappa shape index (κ2) is 5.38. The molecule has 0 aromatic rings. The first-order chi connectivity index (χ1) is 7.81. The third-order valence-corrected chi connectivity index (χ3v) is 3.47. The van der Waals surface area contributed by atoms with Gasteiger partial charge in [0.25, 0.3) is 0 Å². The van der Waals surface area contributed by atoms with Crippen molar-refractivity contribution < 1.29 is 9.53 Å². The van der Waals surface area contributed by atoms with Gasteiger partial charge in [-0.15, -0.1) is 0 Å². The van der Waals surface area contributed by atoms with Gasteiger partial charge in [-0.2, -0.15) is 0 Å². The number of esters is 1. The predicted octanol–water partition coefficient (Wildman–Crippen LogP) is 2.89. The molecule has 0 aromatic carbocycles. The number of hydrogen-bond acceptors (Lipinski definition) is 3. The summed E-state index contributed by atoms with van der Waals surface area (Å²) in [7, 11) is 0. The molecule has 1 atom stereocenters. The number of carbonyl (C=O) groups is 1. The van der Waals surface area contributed by atoms with Crippen molar-refractivity contribution in [2.75, 3.05) is 6.61 Å². The normalized spacial score (nSPS) is 28.1. The van der Waals surface area contributed by atoms with Gasteiger partial charge in [-0.25, -0.2) is 0 Å². The van der Waals surface area contributed by atoms with Gasteiger partial charge in [0.2, 0.25) is 0 Å². The molecule has 1 aliphatic carbocycles. The van der Waals surface area contributed by atoms with Crippen LogP contribution >= 0.6 is 0 Å². The zero-order valence-electron chi connectivity index (χ0n) is 11.9. The average molecular weight is 241 g/mol. The Morgan fingerprint density at radius 1 is 1.35 bits per heavy atom. The summed E-state index contributed by atoms with van der Waals surface area (Å²) in [4.78, 5) is 12.3. The van der Waals surface area contributed by atoms with Crippen molar-refractivity contribution >= 4 is 5.97 Å². The molecule has 0 aromatic heterocycles. The van der Waals surface area contributed by atoms with Gasteiger partial charge in [0.15, 0.2) is 0 Å². The Morgan fingerprint density at radius 3 is 2.47 bits per heavy atom. The Kier molecular flexibility index (Phi) is 4.59. The molecule has 1 saturated carbocycles. The minimum Gasteiger partial charge on any atom is -0.465 e. The van der Waals surface area contributed by atoms with Crippen LogP contribution in [0.25, 0.3) is 0 Å². The molecule has 17 heavy (non-hydrogen) atoms. The summed E-state index contributed by atoms with van der Waals surface area (Å²) in [6, 6.07) is 0.299. The van der Waals surface area contributed by atoms with Crippen LogP contribution in [-0.4, -0.2) is 24.2 Å². The third-order valence-electron chi connectivity index (χ3n) is 3.47. The van der Waals surface area contributed by atoms with Gasteiger partial charge in [0.05, 0.1) is 6.61 Å². The van der Waals surface area contributed by atoms with E-state index in [4.69, 9.17) is 4.74 Å². The Bertz CT molecular complexity index is 273. The summed E-state index contributed by atoms with van der Waals surface area (Å²) in [5.74, 6) is -0.0681. The lowest BCUT2D eigenvalue weighted by atomic mass is 9.68. The molecule has 3 heteroatoms. The van der Waals surface area contributed by atoms with Crippen LogP contribution in [0.1, 0.15) is 60.3 Å². The van der Waals surface area contributed by atoms with Gasteiger partial charge in [-0.3, -0.25) is 10.1 Å². The molecule has 1 aliphatic rings. The maximum Gasteiger partial charge on any atom is 0.326 e. The van der Waals surface area contributed by atoms with E-state index in [1.807, 2.05) is 6.92 Å². The fraction of sp³-hybridized carbons (Fsp3) is 0.929. The smallest absolute Gasteiger partial charge is 0.326 e. The standard InChI is InChI=1S/C14H27NO2/c1-6-17-12(16)14(15-11(2)3)9-7-8-13(4,5)10-14/h11,15H,6-10H2,1-5H3. The Morgan fingerprint density at radius 2 is 2.00 bits per heavy atom. The van der Waals surface area contributed by atoms with Crippen LogP contribution in [-0.2, 0) is 9.53 Å². The number of ether oxygens (including phenoxy) is 1. The van der Waals surface area contributed by atoms with E-state index < -0.39 is 5.54 Å². The van der Waals surface area contributed by atoms with Crippen molar-refractivity contribution in [1.29, 1.82) is 0 Å². The van der Waals surface area contributed by atoms with Crippen molar-refractivity contribution in [1.82, 2.24) is 5.32 Å². The van der Waals surface area contributed by atoms with Crippen molar-refractivity contribution in [3.05, 3.63) is 0 Å². The van der Waals surface area contributed by atoms with Gasteiger partial charge < -0.3 is 4.74 Å². The van der Waals surface area contributed by atoms with Crippen molar-refractivity contribution in [2.24, 2.45) is 5.41 Å². The molecule has 0 saturated heterocycles. The Balaban J connectivity index is 2.89. The van der Waals surface area contributed by atoms with Gasteiger partial charge in [0, 0.05) is 6.04 Å². The monoisotopic (exact) mass is 241 g/mol. The quantitative estimate of drug-likeness (QED) is 0.769. The lowest BCUT2D eigenvalue weighted by Gasteiger charge is -2.44. The van der Waals surface area contributed by atoms with Gasteiger partial charge in [-0.1, -0.05) is 20.3 Å². The summed E-state index contributed by atoms with van der Waals surface area (Å²) in [5, 5.41) is 3.46. The summed E-state index contributed by atoms with van der Waals surface area (Å²) in [6.45, 7) is 11.0. The maximum absolute atomic E-state index is 12.3. The minimum atomic E-state index is -0.466. The molecular formula is C14H27NO2. The molecule has 0 amide bonds. The molecule has 0 spiro atoms. The van der Waals surface area contributed by atoms with E-state index in [9.17, 15) is 4.79 Å². The molecule has 1 unspecified atom stereocenters. The highest BCUT2D eigenvalue weighted by molar-refractivity contribution is 5.81. The van der Waals surface area contributed by atoms with Crippen molar-refractivity contribution in [2.45, 2.75) is 71.9 Å². The molecule has 3 nitrogen and oxygen atoms in total. The second-order valence-corrected chi connectivity index (χ2v) is 6.30. The Hall–Kier alpha value is -0.570. The van der Waals surface area contributed by atoms with Gasteiger partial charge in [0.1, 0.15) is 5.54 Å². The van der Waals surface area contributed by atoms with Crippen LogP contribution < -0.4 is 5.32 Å². The lowest BCUT2D eigenvalue weighted by molar-refractivity contribution is -0.155. The summed E-state index contributed by atoms with van der Waals surface area (Å²) < 4.78 is 5.28. The predicted molar refractivity (Wildman–Crippen MR) is 69.9 cm³/mol. The van der Waals surface area contributed by atoms with Gasteiger partial charge >= 0.3 is 5.97 Å². The van der Waals surface area contributed by atoms with Crippen LogP contribution in [0.2, 0.25) is 0 Å². The molecule has 1 rings (SSSR count). The van der Waals surface area contributed by atoms with E-state index in [0.717, 1.165) is 19.3 Å². The molecule has 0 heterocycles. The van der Waals surface area contributed by atoms with E-state index in [-0.39, 0.29) is 11.4 Å². The zero-order valence-corrected chi connectivity index (χ0v) is 11.9. The highest BCUT2D eigenvalue weighted by Gasteiger charge is 2.46. The molecule has 0 bridgehead atoms. The van der Waals surface area contributed by atoms with Crippen LogP contribution in [0.15, 0.2) is 0 Å². The number of carbonyl (C=O) groups excluding carboxylic acids is 1. The van der Waals surface area contributed by atoms with Crippen LogP contribution in [0.4, 0.5) is 0 Å². The SMILES string of the molecule is CCOC(=O)C1(NC(C)C)CCCC(C)(C)C1. The third kappa shape index (κ3) is 3.70. The molecule has 1 N–H and O–H groups in total. The lowest BCUT2D eigenvalue weighted by Crippen LogP contribution is -2.59. The molecular weight excluding hydrogens is 214 g/mol. The van der Waals surface area contributed by atoms with Crippen molar-refractivity contribution in [3.63, 3.8) is 0 Å². The fourth-order valence-corrected chi connectivity index (χ4v) is 3.04. The van der Waals surface area contributed by atoms with E-state index in [1.54, 1.807) is 0 Å². The number of rotatable bonds is 4. The Labute approximate surface area is 105 Å². The van der Waals surface area contributed by atoms with Crippen LogP contribution in [0.3, 0.4) is 0 Å². The molecule has 100 valence electrons. The summed E-state index contributed by atoms with van der Waals surface area (Å²) in [5.41, 5.74) is -0.251. The number of nitrogens with one attached hydrogen (secondary N) is 1. The first-order valence-electron chi connectivity index (χ1n) is 6.76. The zero-order chi connectivity index (χ0) is 13.1. The average Bonchev–Trinajstić information content (AvgIpc) is 2.15. The second-order valence-electron chi connectivity index (χ2n) is 6.30. The highest BCUT2D eigenvalue weighted by Crippen LogP contribution is 2.41. The topological polar surface area (TPSA) is 38.3 Å². The van der Waals surface area contributed by atoms with E-state index in [1.165, 1.54) is 6.42 Å². The highest BCUT2D eigenvalue weighted by atomic mass is 16.5.